The van der Waals surface area contributed by atoms with E-state index in [1.54, 1.807) is 0 Å². The van der Waals surface area contributed by atoms with E-state index in [1.807, 2.05) is 23.1 Å². The van der Waals surface area contributed by atoms with Crippen molar-refractivity contribution in [1.82, 2.24) is 34.1 Å². The van der Waals surface area contributed by atoms with Gasteiger partial charge >= 0.3 is 0 Å². The minimum atomic E-state index is -0.0621. The zero-order valence-electron chi connectivity index (χ0n) is 19.7. The summed E-state index contributed by atoms with van der Waals surface area (Å²) in [6.07, 6.45) is 9.13. The van der Waals surface area contributed by atoms with Crippen molar-refractivity contribution in [1.29, 1.82) is 0 Å². The molecule has 2 atom stereocenters. The molecule has 4 aromatic rings. The quantitative estimate of drug-likeness (QED) is 0.411. The Morgan fingerprint density at radius 1 is 1.09 bits per heavy atom. The molecule has 11 heteroatoms. The molecule has 0 amide bonds. The molecule has 2 aliphatic heterocycles. The topological polar surface area (TPSA) is 96.0 Å². The Balaban J connectivity index is 1.41. The average molecular weight is 493 g/mol. The summed E-state index contributed by atoms with van der Waals surface area (Å²) in [5.41, 5.74) is 4.81. The van der Waals surface area contributed by atoms with Crippen LogP contribution in [0.1, 0.15) is 51.3 Å². The van der Waals surface area contributed by atoms with Crippen molar-refractivity contribution in [3.63, 3.8) is 0 Å². The van der Waals surface area contributed by atoms with Crippen LogP contribution in [0.2, 0.25) is 0 Å². The van der Waals surface area contributed by atoms with Crippen LogP contribution in [0.15, 0.2) is 24.5 Å². The highest BCUT2D eigenvalue weighted by Crippen LogP contribution is 2.43. The summed E-state index contributed by atoms with van der Waals surface area (Å²) in [4.78, 5) is 7.53. The monoisotopic (exact) mass is 492 g/mol. The van der Waals surface area contributed by atoms with Crippen molar-refractivity contribution in [3.8, 4) is 22.6 Å². The van der Waals surface area contributed by atoms with Crippen LogP contribution in [0.3, 0.4) is 0 Å². The predicted molar refractivity (Wildman–Crippen MR) is 132 cm³/mol. The molecule has 0 N–H and O–H groups in total. The van der Waals surface area contributed by atoms with E-state index in [1.165, 1.54) is 11.5 Å². The Hall–Kier alpha value is -2.89. The van der Waals surface area contributed by atoms with E-state index >= 15 is 0 Å². The maximum atomic E-state index is 6.05. The van der Waals surface area contributed by atoms with Crippen molar-refractivity contribution in [3.05, 3.63) is 24.5 Å². The van der Waals surface area contributed by atoms with E-state index in [-0.39, 0.29) is 12.3 Å². The van der Waals surface area contributed by atoms with E-state index in [2.05, 4.69) is 38.0 Å². The second kappa shape index (κ2) is 8.65. The summed E-state index contributed by atoms with van der Waals surface area (Å²) < 4.78 is 21.8. The summed E-state index contributed by atoms with van der Waals surface area (Å²) in [5, 5.41) is 13.3. The maximum Gasteiger partial charge on any atom is 0.150 e. The highest BCUT2D eigenvalue weighted by Gasteiger charge is 2.31. The lowest BCUT2D eigenvalue weighted by molar-refractivity contribution is -0.0383. The maximum absolute atomic E-state index is 6.05. The third kappa shape index (κ3) is 3.73. The first-order chi connectivity index (χ1) is 17.3. The Bertz CT molecular complexity index is 1350. The second-order valence-electron chi connectivity index (χ2n) is 9.63. The molecular weight excluding hydrogens is 464 g/mol. The minimum Gasteiger partial charge on any atom is -0.377 e. The molecule has 3 aliphatic rings. The van der Waals surface area contributed by atoms with Crippen molar-refractivity contribution in [2.75, 3.05) is 31.3 Å². The first-order valence-corrected chi connectivity index (χ1v) is 13.3. The molecule has 182 valence electrons. The molecule has 3 fully saturated rings. The molecule has 7 rings (SSSR count). The largest absolute Gasteiger partial charge is 0.377 e. The number of anilines is 1. The standard InChI is InChI=1S/C24H28N8O2S/c1-15-14-33-11-9-30(15)20-12-17(19-13-25-29-31(19)16-5-6-16)24-23(27-20)22(28-35-24)18-7-8-26-32(18)21-4-2-3-10-34-21/h7-8,12-13,15-16,21H,2-6,9-11,14H2,1H3/t15-,21?/m1/s1. The average Bonchev–Trinajstić information content (AvgIpc) is 3.27. The number of pyridine rings is 1. The molecule has 6 heterocycles. The van der Waals surface area contributed by atoms with Gasteiger partial charge in [0.15, 0.2) is 6.23 Å². The normalized spacial score (nSPS) is 23.3. The van der Waals surface area contributed by atoms with Gasteiger partial charge < -0.3 is 14.4 Å². The summed E-state index contributed by atoms with van der Waals surface area (Å²) >= 11 is 1.48. The molecule has 2 saturated heterocycles. The summed E-state index contributed by atoms with van der Waals surface area (Å²) in [7, 11) is 0. The van der Waals surface area contributed by atoms with Gasteiger partial charge in [0.25, 0.3) is 0 Å². The number of rotatable bonds is 5. The molecule has 0 spiro atoms. The van der Waals surface area contributed by atoms with E-state index in [4.69, 9.17) is 18.8 Å². The molecule has 0 bridgehead atoms. The SMILES string of the molecule is C[C@@H]1COCCN1c1cc(-c2cnnn2C2CC2)c2snc(-c3ccnn3C3CCCCO3)c2n1. The van der Waals surface area contributed by atoms with Crippen LogP contribution in [0.5, 0.6) is 0 Å². The number of nitrogens with zero attached hydrogens (tertiary/aromatic N) is 8. The van der Waals surface area contributed by atoms with Gasteiger partial charge in [0.05, 0.1) is 47.6 Å². The Morgan fingerprint density at radius 2 is 2.03 bits per heavy atom. The Labute approximate surface area is 207 Å². The van der Waals surface area contributed by atoms with E-state index < -0.39 is 0 Å². The third-order valence-electron chi connectivity index (χ3n) is 7.16. The van der Waals surface area contributed by atoms with Crippen molar-refractivity contribution >= 4 is 27.6 Å². The fourth-order valence-electron chi connectivity index (χ4n) is 5.15. The van der Waals surface area contributed by atoms with Crippen LogP contribution in [-0.2, 0) is 9.47 Å². The van der Waals surface area contributed by atoms with Gasteiger partial charge in [-0.25, -0.2) is 14.3 Å². The van der Waals surface area contributed by atoms with E-state index in [0.29, 0.717) is 19.3 Å². The number of fused-ring (bicyclic) bond motifs is 1. The molecule has 10 nitrogen and oxygen atoms in total. The number of ether oxygens (including phenoxy) is 2. The molecule has 4 aromatic heterocycles. The summed E-state index contributed by atoms with van der Waals surface area (Å²) in [6, 6.07) is 4.88. The minimum absolute atomic E-state index is 0.0621. The first kappa shape index (κ1) is 21.4. The number of morpholine rings is 1. The van der Waals surface area contributed by atoms with Crippen molar-refractivity contribution < 1.29 is 9.47 Å². The van der Waals surface area contributed by atoms with Crippen LogP contribution in [0.4, 0.5) is 5.82 Å². The zero-order valence-corrected chi connectivity index (χ0v) is 20.5. The molecule has 1 saturated carbocycles. The Morgan fingerprint density at radius 3 is 2.86 bits per heavy atom. The number of hydrogen-bond acceptors (Lipinski definition) is 9. The van der Waals surface area contributed by atoms with Gasteiger partial charge in [0.1, 0.15) is 17.0 Å². The van der Waals surface area contributed by atoms with Crippen LogP contribution >= 0.6 is 11.5 Å². The predicted octanol–water partition coefficient (Wildman–Crippen LogP) is 4.07. The lowest BCUT2D eigenvalue weighted by Crippen LogP contribution is -2.44. The molecule has 0 aromatic carbocycles. The first-order valence-electron chi connectivity index (χ1n) is 12.5. The summed E-state index contributed by atoms with van der Waals surface area (Å²) in [6.45, 7) is 5.14. The second-order valence-corrected chi connectivity index (χ2v) is 10.4. The molecule has 35 heavy (non-hydrogen) atoms. The smallest absolute Gasteiger partial charge is 0.150 e. The van der Waals surface area contributed by atoms with Crippen LogP contribution in [0, 0.1) is 0 Å². The van der Waals surface area contributed by atoms with Crippen LogP contribution < -0.4 is 4.90 Å². The number of hydrogen-bond donors (Lipinski definition) is 0. The van der Waals surface area contributed by atoms with Gasteiger partial charge in [-0.2, -0.15) is 9.47 Å². The number of aromatic nitrogens is 7. The van der Waals surface area contributed by atoms with Gasteiger partial charge in [-0.1, -0.05) is 5.21 Å². The van der Waals surface area contributed by atoms with E-state index in [0.717, 1.165) is 83.9 Å². The highest BCUT2D eigenvalue weighted by atomic mass is 32.1. The lowest BCUT2D eigenvalue weighted by Gasteiger charge is -2.34. The van der Waals surface area contributed by atoms with Crippen LogP contribution in [-0.4, -0.2) is 66.5 Å². The fraction of sp³-hybridized carbons (Fsp3) is 0.542. The van der Waals surface area contributed by atoms with Crippen molar-refractivity contribution in [2.24, 2.45) is 0 Å². The lowest BCUT2D eigenvalue weighted by atomic mass is 10.1. The third-order valence-corrected chi connectivity index (χ3v) is 8.03. The molecular formula is C24H28N8O2S. The van der Waals surface area contributed by atoms with E-state index in [9.17, 15) is 0 Å². The fourth-order valence-corrected chi connectivity index (χ4v) is 6.01. The summed E-state index contributed by atoms with van der Waals surface area (Å²) in [5.74, 6) is 0.938. The van der Waals surface area contributed by atoms with Crippen LogP contribution in [0.25, 0.3) is 32.9 Å². The molecule has 0 radical (unpaired) electrons. The van der Waals surface area contributed by atoms with Gasteiger partial charge in [-0.05, 0) is 62.7 Å². The van der Waals surface area contributed by atoms with Crippen molar-refractivity contribution in [2.45, 2.75) is 57.3 Å². The molecule has 1 aliphatic carbocycles. The van der Waals surface area contributed by atoms with Gasteiger partial charge in [-0.15, -0.1) is 5.10 Å². The Kier molecular flexibility index (Phi) is 5.29. The molecule has 1 unspecified atom stereocenters. The van der Waals surface area contributed by atoms with Gasteiger partial charge in [0, 0.05) is 24.9 Å². The zero-order chi connectivity index (χ0) is 23.4. The van der Waals surface area contributed by atoms with Gasteiger partial charge in [0.2, 0.25) is 0 Å². The van der Waals surface area contributed by atoms with Gasteiger partial charge in [-0.3, -0.25) is 0 Å². The highest BCUT2D eigenvalue weighted by molar-refractivity contribution is 7.14.